The highest BCUT2D eigenvalue weighted by Crippen LogP contribution is 2.43. The Labute approximate surface area is 453 Å². The second-order valence-corrected chi connectivity index (χ2v) is 21.6. The first-order valence-corrected chi connectivity index (χ1v) is 31.7. The van der Waals surface area contributed by atoms with Gasteiger partial charge in [0.25, 0.3) is 0 Å². The second kappa shape index (κ2) is 56.4. The molecular weight excluding hydrogens is 952 g/mol. The fourth-order valence-corrected chi connectivity index (χ4v) is 9.13. The van der Waals surface area contributed by atoms with Crippen LogP contribution >= 0.6 is 7.82 Å². The van der Waals surface area contributed by atoms with Crippen molar-refractivity contribution in [1.82, 2.24) is 0 Å². The lowest BCUT2D eigenvalue weighted by Gasteiger charge is -2.21. The Balaban J connectivity index is 4.74. The average molecular weight is 1060 g/mol. The molecule has 0 saturated carbocycles. The van der Waals surface area contributed by atoms with Crippen molar-refractivity contribution in [3.05, 3.63) is 60.8 Å². The molecule has 0 saturated heterocycles. The molecule has 0 amide bonds. The van der Waals surface area contributed by atoms with E-state index in [-0.39, 0.29) is 25.9 Å². The number of allylic oxidation sites excluding steroid dienone is 10. The zero-order valence-electron chi connectivity index (χ0n) is 47.6. The first kappa shape index (κ1) is 71.2. The molecule has 0 aromatic heterocycles. The van der Waals surface area contributed by atoms with Crippen molar-refractivity contribution in [2.24, 2.45) is 0 Å². The van der Waals surface area contributed by atoms with Crippen molar-refractivity contribution in [1.29, 1.82) is 0 Å². The summed E-state index contributed by atoms with van der Waals surface area (Å²) in [7, 11) is -4.76. The number of hydrogen-bond donors (Lipinski definition) is 2. The number of carbonyl (C=O) groups excluding carboxylic acids is 3. The van der Waals surface area contributed by atoms with Gasteiger partial charge in [0.15, 0.2) is 6.10 Å². The van der Waals surface area contributed by atoms with Crippen LogP contribution in [0.2, 0.25) is 0 Å². The van der Waals surface area contributed by atoms with Crippen LogP contribution < -0.4 is 0 Å². The summed E-state index contributed by atoms with van der Waals surface area (Å²) in [5.74, 6) is -1.51. The molecular formula is C62H111O11P. The SMILES string of the molecule is CC/C=C\C/C=C\C/C=C\C/C=C\CCCCC(=O)OCC(COP(=O)(O)OCC(CO)OC(=O)CCCCCCCCCCCCCCCCC)OC(=O)CCCCCCCCC/C=C\CCCCCCCC. The van der Waals surface area contributed by atoms with E-state index in [1.165, 1.54) is 128 Å². The minimum absolute atomic E-state index is 0.154. The van der Waals surface area contributed by atoms with E-state index >= 15 is 0 Å². The average Bonchev–Trinajstić information content (AvgIpc) is 3.39. The number of aliphatic hydroxyl groups excluding tert-OH is 1. The molecule has 0 spiro atoms. The maximum Gasteiger partial charge on any atom is 0.472 e. The molecule has 3 atom stereocenters. The van der Waals surface area contributed by atoms with Crippen molar-refractivity contribution < 1.29 is 52.2 Å². The molecule has 430 valence electrons. The second-order valence-electron chi connectivity index (χ2n) is 20.1. The number of unbranched alkanes of at least 4 members (excludes halogenated alkanes) is 29. The van der Waals surface area contributed by atoms with Crippen LogP contribution in [0.25, 0.3) is 0 Å². The summed E-state index contributed by atoms with van der Waals surface area (Å²) >= 11 is 0. The van der Waals surface area contributed by atoms with E-state index in [2.05, 4.69) is 81.5 Å². The van der Waals surface area contributed by atoms with Gasteiger partial charge in [-0.2, -0.15) is 0 Å². The van der Waals surface area contributed by atoms with Crippen molar-refractivity contribution in [3.8, 4) is 0 Å². The molecule has 0 heterocycles. The van der Waals surface area contributed by atoms with E-state index in [1.807, 2.05) is 0 Å². The van der Waals surface area contributed by atoms with Crippen molar-refractivity contribution in [2.75, 3.05) is 26.4 Å². The van der Waals surface area contributed by atoms with Gasteiger partial charge in [0.05, 0.1) is 19.8 Å². The maximum absolute atomic E-state index is 12.9. The Kier molecular flexibility index (Phi) is 54.2. The van der Waals surface area contributed by atoms with Gasteiger partial charge in [-0.05, 0) is 83.5 Å². The monoisotopic (exact) mass is 1060 g/mol. The minimum atomic E-state index is -4.76. The van der Waals surface area contributed by atoms with Gasteiger partial charge in [-0.1, -0.05) is 236 Å². The van der Waals surface area contributed by atoms with E-state index < -0.39 is 57.8 Å². The van der Waals surface area contributed by atoms with Gasteiger partial charge < -0.3 is 24.2 Å². The number of phosphoric acid groups is 1. The third-order valence-electron chi connectivity index (χ3n) is 12.9. The third-order valence-corrected chi connectivity index (χ3v) is 13.9. The number of hydrogen-bond acceptors (Lipinski definition) is 10. The summed E-state index contributed by atoms with van der Waals surface area (Å²) in [6.07, 6.45) is 61.8. The normalized spacial score (nSPS) is 13.7. The Morgan fingerprint density at radius 2 is 0.703 bits per heavy atom. The highest BCUT2D eigenvalue weighted by atomic mass is 31.2. The summed E-state index contributed by atoms with van der Waals surface area (Å²) in [5, 5.41) is 9.83. The van der Waals surface area contributed by atoms with E-state index in [0.29, 0.717) is 19.3 Å². The van der Waals surface area contributed by atoms with Crippen molar-refractivity contribution in [3.63, 3.8) is 0 Å². The van der Waals surface area contributed by atoms with E-state index in [0.717, 1.165) is 89.9 Å². The molecule has 0 aliphatic carbocycles. The molecule has 74 heavy (non-hydrogen) atoms. The fraction of sp³-hybridized carbons (Fsp3) is 0.790. The molecule has 0 rings (SSSR count). The number of ether oxygens (including phenoxy) is 3. The van der Waals surface area contributed by atoms with Crippen LogP contribution in [-0.4, -0.2) is 66.5 Å². The summed E-state index contributed by atoms with van der Waals surface area (Å²) in [6, 6.07) is 0. The number of phosphoric ester groups is 1. The van der Waals surface area contributed by atoms with Gasteiger partial charge in [-0.15, -0.1) is 0 Å². The van der Waals surface area contributed by atoms with Crippen molar-refractivity contribution in [2.45, 2.75) is 290 Å². The quantitative estimate of drug-likeness (QED) is 0.0197. The van der Waals surface area contributed by atoms with Gasteiger partial charge in [0.2, 0.25) is 0 Å². The van der Waals surface area contributed by atoms with Crippen LogP contribution in [0.4, 0.5) is 0 Å². The molecule has 2 N–H and O–H groups in total. The first-order chi connectivity index (χ1) is 36.2. The number of aliphatic hydroxyl groups is 1. The standard InChI is InChI=1S/C62H111O11P/c1-4-7-10-13-16-19-22-25-28-29-32-35-38-41-44-47-50-53-62(66)73-59(55-69-60(64)51-48-45-42-39-36-33-30-26-23-20-17-14-11-8-5-2)57-71-74(67,68)70-56-58(54-63)72-61(65)52-49-46-43-40-37-34-31-27-24-21-18-15-12-9-6-3/h8,11,17,20,25-26,28,30,36,39,58-59,63H,4-7,9-10,12-16,18-19,21-24,27,29,31-35,37-38,40-57H2,1-3H3,(H,67,68)/b11-8-,20-17-,28-25-,30-26-,39-36-. The first-order valence-electron chi connectivity index (χ1n) is 30.2. The fourth-order valence-electron chi connectivity index (χ4n) is 8.34. The molecule has 11 nitrogen and oxygen atoms in total. The van der Waals surface area contributed by atoms with Crippen LogP contribution in [0.5, 0.6) is 0 Å². The van der Waals surface area contributed by atoms with Crippen LogP contribution in [-0.2, 0) is 42.2 Å². The summed E-state index contributed by atoms with van der Waals surface area (Å²) < 4.78 is 39.5. The van der Waals surface area contributed by atoms with Crippen LogP contribution in [0.3, 0.4) is 0 Å². The molecule has 0 fully saturated rings. The zero-order valence-corrected chi connectivity index (χ0v) is 48.5. The van der Waals surface area contributed by atoms with E-state index in [4.69, 9.17) is 23.3 Å². The molecule has 12 heteroatoms. The minimum Gasteiger partial charge on any atom is -0.462 e. The molecule has 0 aromatic rings. The van der Waals surface area contributed by atoms with Gasteiger partial charge in [0, 0.05) is 19.3 Å². The number of esters is 3. The third kappa shape index (κ3) is 54.0. The van der Waals surface area contributed by atoms with Gasteiger partial charge in [-0.3, -0.25) is 23.4 Å². The summed E-state index contributed by atoms with van der Waals surface area (Å²) in [4.78, 5) is 48.6. The lowest BCUT2D eigenvalue weighted by atomic mass is 10.0. The number of carbonyl (C=O) groups is 3. The molecule has 3 unspecified atom stereocenters. The smallest absolute Gasteiger partial charge is 0.462 e. The predicted molar refractivity (Wildman–Crippen MR) is 307 cm³/mol. The summed E-state index contributed by atoms with van der Waals surface area (Å²) in [6.45, 7) is 4.51. The van der Waals surface area contributed by atoms with Gasteiger partial charge in [0.1, 0.15) is 12.7 Å². The molecule has 0 aromatic carbocycles. The van der Waals surface area contributed by atoms with Gasteiger partial charge in [-0.25, -0.2) is 4.57 Å². The topological polar surface area (TPSA) is 155 Å². The van der Waals surface area contributed by atoms with Crippen LogP contribution in [0.1, 0.15) is 278 Å². The Morgan fingerprint density at radius 3 is 1.12 bits per heavy atom. The number of rotatable bonds is 56. The van der Waals surface area contributed by atoms with Gasteiger partial charge >= 0.3 is 25.7 Å². The molecule has 0 radical (unpaired) electrons. The maximum atomic E-state index is 12.9. The highest BCUT2D eigenvalue weighted by Gasteiger charge is 2.28. The largest absolute Gasteiger partial charge is 0.472 e. The Morgan fingerprint density at radius 1 is 0.392 bits per heavy atom. The summed E-state index contributed by atoms with van der Waals surface area (Å²) in [5.41, 5.74) is 0. The lowest BCUT2D eigenvalue weighted by molar-refractivity contribution is -0.161. The Hall–Kier alpha value is -2.82. The zero-order chi connectivity index (χ0) is 54.1. The Bertz CT molecular complexity index is 1470. The molecule has 0 aliphatic rings. The molecule has 0 aliphatic heterocycles. The predicted octanol–water partition coefficient (Wildman–Crippen LogP) is 17.9. The van der Waals surface area contributed by atoms with Crippen LogP contribution in [0.15, 0.2) is 60.8 Å². The highest BCUT2D eigenvalue weighted by molar-refractivity contribution is 7.47. The van der Waals surface area contributed by atoms with Crippen LogP contribution in [0, 0.1) is 0 Å². The lowest BCUT2D eigenvalue weighted by Crippen LogP contribution is -2.30. The van der Waals surface area contributed by atoms with Crippen molar-refractivity contribution >= 4 is 25.7 Å². The van der Waals surface area contributed by atoms with E-state index in [9.17, 15) is 28.9 Å². The van der Waals surface area contributed by atoms with E-state index in [1.54, 1.807) is 0 Å². The molecule has 0 bridgehead atoms.